The van der Waals surface area contributed by atoms with Crippen molar-refractivity contribution < 1.29 is 19.1 Å². The van der Waals surface area contributed by atoms with Crippen molar-refractivity contribution in [2.24, 2.45) is 0 Å². The molecular formula is C25H25N3O4S. The third-order valence-corrected chi connectivity index (χ3v) is 4.77. The van der Waals surface area contributed by atoms with Crippen molar-refractivity contribution in [3.8, 4) is 16.9 Å². The summed E-state index contributed by atoms with van der Waals surface area (Å²) >= 11 is 5.11. The summed E-state index contributed by atoms with van der Waals surface area (Å²) in [7, 11) is 0. The Morgan fingerprint density at radius 3 is 2.24 bits per heavy atom. The topological polar surface area (TPSA) is 88.7 Å². The summed E-state index contributed by atoms with van der Waals surface area (Å²) in [6.45, 7) is 3.38. The molecule has 7 nitrogen and oxygen atoms in total. The van der Waals surface area contributed by atoms with Gasteiger partial charge in [0.15, 0.2) is 5.11 Å². The molecule has 0 aliphatic rings. The van der Waals surface area contributed by atoms with Crippen LogP contribution in [0.3, 0.4) is 0 Å². The highest BCUT2D eigenvalue weighted by Crippen LogP contribution is 2.19. The lowest BCUT2D eigenvalue weighted by molar-refractivity contribution is 0.0934. The first-order valence-electron chi connectivity index (χ1n) is 10.4. The molecule has 0 aliphatic carbocycles. The van der Waals surface area contributed by atoms with Crippen molar-refractivity contribution in [2.75, 3.05) is 19.8 Å². The van der Waals surface area contributed by atoms with E-state index in [0.717, 1.165) is 11.1 Å². The highest BCUT2D eigenvalue weighted by Gasteiger charge is 2.11. The van der Waals surface area contributed by atoms with Crippen LogP contribution in [-0.4, -0.2) is 36.7 Å². The van der Waals surface area contributed by atoms with Gasteiger partial charge in [-0.1, -0.05) is 48.5 Å². The molecule has 3 rings (SSSR count). The van der Waals surface area contributed by atoms with E-state index in [9.17, 15) is 9.59 Å². The Bertz CT molecular complexity index is 1090. The van der Waals surface area contributed by atoms with Gasteiger partial charge in [0.2, 0.25) is 0 Å². The van der Waals surface area contributed by atoms with Crippen molar-refractivity contribution in [1.29, 1.82) is 0 Å². The van der Waals surface area contributed by atoms with E-state index in [2.05, 4.69) is 16.2 Å². The van der Waals surface area contributed by atoms with Crippen LogP contribution in [0.5, 0.6) is 5.75 Å². The highest BCUT2D eigenvalue weighted by molar-refractivity contribution is 7.80. The number of hydrogen-bond donors (Lipinski definition) is 3. The second kappa shape index (κ2) is 12.3. The fourth-order valence-electron chi connectivity index (χ4n) is 2.93. The first-order valence-corrected chi connectivity index (χ1v) is 10.9. The Balaban J connectivity index is 1.48. The van der Waals surface area contributed by atoms with Crippen LogP contribution in [0.4, 0.5) is 0 Å². The number of hydrazine groups is 1. The normalized spacial score (nSPS) is 10.2. The van der Waals surface area contributed by atoms with Crippen LogP contribution in [-0.2, 0) is 4.74 Å². The largest absolute Gasteiger partial charge is 0.491 e. The number of ether oxygens (including phenoxy) is 2. The van der Waals surface area contributed by atoms with E-state index < -0.39 is 5.91 Å². The summed E-state index contributed by atoms with van der Waals surface area (Å²) in [5, 5.41) is 2.49. The van der Waals surface area contributed by atoms with Gasteiger partial charge in [-0.25, -0.2) is 0 Å². The van der Waals surface area contributed by atoms with Gasteiger partial charge in [0.1, 0.15) is 12.4 Å². The first kappa shape index (κ1) is 23.9. The summed E-state index contributed by atoms with van der Waals surface area (Å²) in [5.41, 5.74) is 7.92. The first-order chi connectivity index (χ1) is 16.1. The van der Waals surface area contributed by atoms with Crippen LogP contribution in [0.15, 0.2) is 78.9 Å². The molecule has 0 heterocycles. The predicted octanol–water partition coefficient (Wildman–Crippen LogP) is 3.72. The maximum absolute atomic E-state index is 12.4. The molecule has 0 aromatic heterocycles. The maximum atomic E-state index is 12.4. The quantitative estimate of drug-likeness (QED) is 0.268. The van der Waals surface area contributed by atoms with E-state index in [-0.39, 0.29) is 11.0 Å². The van der Waals surface area contributed by atoms with Crippen LogP contribution in [0.1, 0.15) is 27.6 Å². The minimum atomic E-state index is -0.427. The zero-order valence-electron chi connectivity index (χ0n) is 18.2. The molecule has 8 heteroatoms. The van der Waals surface area contributed by atoms with Crippen molar-refractivity contribution in [1.82, 2.24) is 16.2 Å². The standard InChI is InChI=1S/C25H25N3O4S/c1-2-31-15-16-32-22-10-6-9-21(17-22)23(29)26-25(33)28-27-24(30)20-13-11-19(12-14-20)18-7-4-3-5-8-18/h3-14,17H,2,15-16H2,1H3,(H,27,30)(H2,26,28,29,33). The molecular weight excluding hydrogens is 438 g/mol. The minimum absolute atomic E-state index is 0.0306. The third kappa shape index (κ3) is 7.41. The van der Waals surface area contributed by atoms with Gasteiger partial charge < -0.3 is 9.47 Å². The van der Waals surface area contributed by atoms with Crippen LogP contribution in [0.25, 0.3) is 11.1 Å². The number of thiocarbonyl (C=S) groups is 1. The van der Waals surface area contributed by atoms with Crippen LogP contribution < -0.4 is 20.9 Å². The molecule has 3 aromatic carbocycles. The Hall–Kier alpha value is -3.75. The average molecular weight is 464 g/mol. The van der Waals surface area contributed by atoms with Crippen LogP contribution >= 0.6 is 12.2 Å². The highest BCUT2D eigenvalue weighted by atomic mass is 32.1. The minimum Gasteiger partial charge on any atom is -0.491 e. The Labute approximate surface area is 198 Å². The van der Waals surface area contributed by atoms with Crippen molar-refractivity contribution in [2.45, 2.75) is 6.92 Å². The van der Waals surface area contributed by atoms with E-state index >= 15 is 0 Å². The van der Waals surface area contributed by atoms with Gasteiger partial charge in [0.05, 0.1) is 6.61 Å². The molecule has 3 N–H and O–H groups in total. The third-order valence-electron chi connectivity index (χ3n) is 4.57. The van der Waals surface area contributed by atoms with Gasteiger partial charge >= 0.3 is 0 Å². The molecule has 0 saturated heterocycles. The van der Waals surface area contributed by atoms with Crippen LogP contribution in [0, 0.1) is 0 Å². The lowest BCUT2D eigenvalue weighted by atomic mass is 10.0. The monoisotopic (exact) mass is 463 g/mol. The van der Waals surface area contributed by atoms with Gasteiger partial charge in [0.25, 0.3) is 11.8 Å². The van der Waals surface area contributed by atoms with Crippen LogP contribution in [0.2, 0.25) is 0 Å². The fraction of sp³-hybridized carbons (Fsp3) is 0.160. The van der Waals surface area contributed by atoms with Gasteiger partial charge in [-0.3, -0.25) is 25.8 Å². The smallest absolute Gasteiger partial charge is 0.269 e. The average Bonchev–Trinajstić information content (AvgIpc) is 2.86. The summed E-state index contributed by atoms with van der Waals surface area (Å²) in [6, 6.07) is 23.8. The zero-order valence-corrected chi connectivity index (χ0v) is 19.0. The molecule has 170 valence electrons. The van der Waals surface area contributed by atoms with Crippen molar-refractivity contribution >= 4 is 29.1 Å². The lowest BCUT2D eigenvalue weighted by Crippen LogP contribution is -2.48. The molecule has 0 spiro atoms. The molecule has 0 atom stereocenters. The Morgan fingerprint density at radius 2 is 1.52 bits per heavy atom. The molecule has 33 heavy (non-hydrogen) atoms. The van der Waals surface area contributed by atoms with Gasteiger partial charge in [-0.2, -0.15) is 0 Å². The molecule has 0 bridgehead atoms. The van der Waals surface area contributed by atoms with E-state index in [1.54, 1.807) is 36.4 Å². The predicted molar refractivity (Wildman–Crippen MR) is 131 cm³/mol. The second-order valence-corrected chi connectivity index (χ2v) is 7.29. The molecule has 0 fully saturated rings. The van der Waals surface area contributed by atoms with Crippen molar-refractivity contribution in [3.63, 3.8) is 0 Å². The lowest BCUT2D eigenvalue weighted by Gasteiger charge is -2.12. The molecule has 2 amide bonds. The molecule has 0 saturated carbocycles. The van der Waals surface area contributed by atoms with E-state index in [0.29, 0.717) is 36.7 Å². The Morgan fingerprint density at radius 1 is 0.788 bits per heavy atom. The zero-order chi connectivity index (χ0) is 23.5. The summed E-state index contributed by atoms with van der Waals surface area (Å²) < 4.78 is 10.8. The summed E-state index contributed by atoms with van der Waals surface area (Å²) in [5.74, 6) is -0.256. The molecule has 0 unspecified atom stereocenters. The second-order valence-electron chi connectivity index (χ2n) is 6.88. The number of rotatable bonds is 8. The number of carbonyl (C=O) groups is 2. The molecule has 0 aliphatic heterocycles. The van der Waals surface area contributed by atoms with E-state index in [1.165, 1.54) is 0 Å². The Kier molecular flexibility index (Phi) is 8.93. The number of benzene rings is 3. The van der Waals surface area contributed by atoms with Gasteiger partial charge in [0, 0.05) is 17.7 Å². The van der Waals surface area contributed by atoms with E-state index in [4.69, 9.17) is 21.7 Å². The fourth-order valence-corrected chi connectivity index (χ4v) is 3.07. The summed E-state index contributed by atoms with van der Waals surface area (Å²) in [6.07, 6.45) is 0. The maximum Gasteiger partial charge on any atom is 0.269 e. The molecule has 3 aromatic rings. The molecule has 0 radical (unpaired) electrons. The van der Waals surface area contributed by atoms with Crippen molar-refractivity contribution in [3.05, 3.63) is 90.0 Å². The van der Waals surface area contributed by atoms with Gasteiger partial charge in [-0.05, 0) is 60.6 Å². The number of hydrogen-bond acceptors (Lipinski definition) is 5. The number of carbonyl (C=O) groups excluding carboxylic acids is 2. The summed E-state index contributed by atoms with van der Waals surface area (Å²) in [4.78, 5) is 24.8. The SMILES string of the molecule is CCOCCOc1cccc(C(=O)NC(=S)NNC(=O)c2ccc(-c3ccccc3)cc2)c1. The number of amides is 2. The number of nitrogens with one attached hydrogen (secondary N) is 3. The van der Waals surface area contributed by atoms with Gasteiger partial charge in [-0.15, -0.1) is 0 Å². The van der Waals surface area contributed by atoms with E-state index in [1.807, 2.05) is 49.4 Å².